The highest BCUT2D eigenvalue weighted by atomic mass is 32.1. The van der Waals surface area contributed by atoms with E-state index < -0.39 is 5.54 Å². The molecule has 0 fully saturated rings. The van der Waals surface area contributed by atoms with Gasteiger partial charge >= 0.3 is 0 Å². The molecule has 1 aliphatic rings. The van der Waals surface area contributed by atoms with E-state index in [1.165, 1.54) is 4.90 Å². The van der Waals surface area contributed by atoms with E-state index in [0.29, 0.717) is 11.1 Å². The van der Waals surface area contributed by atoms with Gasteiger partial charge in [0.05, 0.1) is 22.7 Å². The van der Waals surface area contributed by atoms with Gasteiger partial charge in [-0.05, 0) is 41.6 Å². The zero-order valence-electron chi connectivity index (χ0n) is 15.8. The van der Waals surface area contributed by atoms with Crippen molar-refractivity contribution in [1.82, 2.24) is 14.8 Å². The van der Waals surface area contributed by atoms with Crippen molar-refractivity contribution in [2.45, 2.75) is 12.5 Å². The van der Waals surface area contributed by atoms with Crippen molar-refractivity contribution in [3.63, 3.8) is 0 Å². The number of hydrogen-bond acceptors (Lipinski definition) is 4. The van der Waals surface area contributed by atoms with E-state index in [1.54, 1.807) is 30.6 Å². The highest BCUT2D eigenvalue weighted by Gasteiger charge is 2.40. The molecule has 4 rings (SSSR count). The zero-order chi connectivity index (χ0) is 20.1. The van der Waals surface area contributed by atoms with Crippen molar-refractivity contribution in [3.05, 3.63) is 69.7 Å². The number of amides is 1. The van der Waals surface area contributed by atoms with Gasteiger partial charge in [-0.3, -0.25) is 15.1 Å². The minimum Gasteiger partial charge on any atom is -0.356 e. The first-order chi connectivity index (χ1) is 13.3. The highest BCUT2D eigenvalue weighted by molar-refractivity contribution is 7.10. The molecular weight excluding hydrogens is 370 g/mol. The number of thiophene rings is 1. The Morgan fingerprint density at radius 3 is 2.75 bits per heavy atom. The summed E-state index contributed by atoms with van der Waals surface area (Å²) in [6.45, 7) is 1.99. The van der Waals surface area contributed by atoms with Gasteiger partial charge in [-0.1, -0.05) is 12.1 Å². The number of rotatable bonds is 2. The van der Waals surface area contributed by atoms with Crippen LogP contribution in [0.25, 0.3) is 11.1 Å². The number of aryl methyl sites for hydroxylation is 1. The topological polar surface area (TPSA) is 84.9 Å². The fraction of sp³-hybridized carbons (Fsp3) is 0.190. The molecule has 2 N–H and O–H groups in total. The number of carbonyl (C=O) groups excluding carboxylic acids is 1. The number of hydrogen-bond donors (Lipinski definition) is 2. The van der Waals surface area contributed by atoms with Crippen molar-refractivity contribution in [3.8, 4) is 17.2 Å². The summed E-state index contributed by atoms with van der Waals surface area (Å²) in [5.74, 6) is -0.136. The SMILES string of the molecule is CN1C(=N)NC(C)(c2cc(-c3cccc(C#N)c3)cs2)c2cn(C)cc2C1=O. The van der Waals surface area contributed by atoms with Crippen LogP contribution >= 0.6 is 11.3 Å². The Hall–Kier alpha value is -3.37. The average Bonchev–Trinajstić information content (AvgIpc) is 3.33. The van der Waals surface area contributed by atoms with Crippen LogP contribution in [0.4, 0.5) is 0 Å². The van der Waals surface area contributed by atoms with Crippen LogP contribution in [0.2, 0.25) is 0 Å². The van der Waals surface area contributed by atoms with E-state index in [4.69, 9.17) is 10.7 Å². The molecule has 0 bridgehead atoms. The lowest BCUT2D eigenvalue weighted by Gasteiger charge is -2.30. The maximum atomic E-state index is 12.8. The number of guanidine groups is 1. The van der Waals surface area contributed by atoms with Crippen LogP contribution in [-0.4, -0.2) is 28.4 Å². The molecule has 7 heteroatoms. The van der Waals surface area contributed by atoms with Crippen LogP contribution in [0.3, 0.4) is 0 Å². The summed E-state index contributed by atoms with van der Waals surface area (Å²) in [6, 6.07) is 11.7. The van der Waals surface area contributed by atoms with Crippen molar-refractivity contribution in [2.24, 2.45) is 7.05 Å². The molecule has 1 amide bonds. The Bertz CT molecular complexity index is 1150. The van der Waals surface area contributed by atoms with Crippen LogP contribution in [0, 0.1) is 16.7 Å². The maximum Gasteiger partial charge on any atom is 0.262 e. The molecule has 0 saturated heterocycles. The van der Waals surface area contributed by atoms with Crippen LogP contribution in [-0.2, 0) is 12.6 Å². The van der Waals surface area contributed by atoms with Gasteiger partial charge in [-0.2, -0.15) is 5.26 Å². The molecule has 1 unspecified atom stereocenters. The lowest BCUT2D eigenvalue weighted by atomic mass is 9.89. The number of benzene rings is 1. The highest BCUT2D eigenvalue weighted by Crippen LogP contribution is 2.40. The number of nitrogens with one attached hydrogen (secondary N) is 2. The van der Waals surface area contributed by atoms with E-state index in [2.05, 4.69) is 17.5 Å². The summed E-state index contributed by atoms with van der Waals surface area (Å²) in [5, 5.41) is 22.8. The first-order valence-corrected chi connectivity index (χ1v) is 9.62. The number of aromatic nitrogens is 1. The van der Waals surface area contributed by atoms with Gasteiger partial charge in [0.15, 0.2) is 5.96 Å². The van der Waals surface area contributed by atoms with Gasteiger partial charge in [0, 0.05) is 36.9 Å². The maximum absolute atomic E-state index is 12.8. The Labute approximate surface area is 167 Å². The molecule has 1 aromatic carbocycles. The first kappa shape index (κ1) is 18.0. The lowest BCUT2D eigenvalue weighted by Crippen LogP contribution is -2.47. The quantitative estimate of drug-likeness (QED) is 0.703. The summed E-state index contributed by atoms with van der Waals surface area (Å²) in [4.78, 5) is 15.1. The van der Waals surface area contributed by atoms with E-state index in [-0.39, 0.29) is 11.9 Å². The molecule has 1 aliphatic heterocycles. The second-order valence-corrected chi connectivity index (χ2v) is 8.02. The fourth-order valence-electron chi connectivity index (χ4n) is 3.54. The van der Waals surface area contributed by atoms with Crippen LogP contribution in [0.1, 0.15) is 33.3 Å². The predicted molar refractivity (Wildman–Crippen MR) is 109 cm³/mol. The average molecular weight is 389 g/mol. The number of fused-ring (bicyclic) bond motifs is 1. The van der Waals surface area contributed by atoms with Gasteiger partial charge in [-0.25, -0.2) is 0 Å². The normalized spacial score (nSPS) is 19.0. The molecular formula is C21H19N5OS. The van der Waals surface area contributed by atoms with Crippen molar-refractivity contribution < 1.29 is 4.79 Å². The second-order valence-electron chi connectivity index (χ2n) is 7.11. The Kier molecular flexibility index (Phi) is 4.09. The fourth-order valence-corrected chi connectivity index (χ4v) is 4.58. The molecule has 3 aromatic rings. The van der Waals surface area contributed by atoms with Crippen LogP contribution in [0.5, 0.6) is 0 Å². The monoisotopic (exact) mass is 389 g/mol. The number of carbonyl (C=O) groups is 1. The van der Waals surface area contributed by atoms with Gasteiger partial charge in [-0.15, -0.1) is 11.3 Å². The predicted octanol–water partition coefficient (Wildman–Crippen LogP) is 3.50. The summed E-state index contributed by atoms with van der Waals surface area (Å²) in [5.41, 5.74) is 3.30. The first-order valence-electron chi connectivity index (χ1n) is 8.74. The molecule has 0 aliphatic carbocycles. The molecule has 0 radical (unpaired) electrons. The van der Waals surface area contributed by atoms with Gasteiger partial charge < -0.3 is 9.88 Å². The van der Waals surface area contributed by atoms with E-state index >= 15 is 0 Å². The van der Waals surface area contributed by atoms with Gasteiger partial charge in [0.25, 0.3) is 5.91 Å². The Morgan fingerprint density at radius 1 is 1.21 bits per heavy atom. The molecule has 28 heavy (non-hydrogen) atoms. The van der Waals surface area contributed by atoms with E-state index in [1.807, 2.05) is 48.3 Å². The lowest BCUT2D eigenvalue weighted by molar-refractivity contribution is 0.0869. The molecule has 6 nitrogen and oxygen atoms in total. The van der Waals surface area contributed by atoms with Gasteiger partial charge in [0.1, 0.15) is 0 Å². The minimum absolute atomic E-state index is 0.0628. The second kappa shape index (κ2) is 6.36. The minimum atomic E-state index is -0.718. The van der Waals surface area contributed by atoms with Crippen LogP contribution < -0.4 is 5.32 Å². The van der Waals surface area contributed by atoms with Crippen LogP contribution in [0.15, 0.2) is 48.1 Å². The van der Waals surface area contributed by atoms with Crippen molar-refractivity contribution in [1.29, 1.82) is 10.7 Å². The number of nitrogens with zero attached hydrogens (tertiary/aromatic N) is 3. The molecule has 2 aromatic heterocycles. The van der Waals surface area contributed by atoms with Crippen molar-refractivity contribution in [2.75, 3.05) is 7.05 Å². The number of nitriles is 1. The summed E-state index contributed by atoms with van der Waals surface area (Å²) in [7, 11) is 3.49. The molecule has 1 atom stereocenters. The molecule has 140 valence electrons. The summed E-state index contributed by atoms with van der Waals surface area (Å²) >= 11 is 1.57. The molecule has 0 saturated carbocycles. The Morgan fingerprint density at radius 2 is 2.00 bits per heavy atom. The largest absolute Gasteiger partial charge is 0.356 e. The zero-order valence-corrected chi connectivity index (χ0v) is 16.6. The third-order valence-corrected chi connectivity index (χ3v) is 6.30. The van der Waals surface area contributed by atoms with E-state index in [0.717, 1.165) is 21.6 Å². The summed E-state index contributed by atoms with van der Waals surface area (Å²) < 4.78 is 1.87. The third kappa shape index (κ3) is 2.70. The Balaban J connectivity index is 1.85. The smallest absolute Gasteiger partial charge is 0.262 e. The standard InChI is InChI=1S/C21H19N5OS/c1-21(17-11-25(2)10-16(17)19(27)26(3)20(23)24-21)18-8-15(12-28-18)14-6-4-5-13(7-14)9-22/h4-8,10-12H,1-3H3,(H2,23,24). The summed E-state index contributed by atoms with van der Waals surface area (Å²) in [6.07, 6.45) is 3.74. The van der Waals surface area contributed by atoms with Gasteiger partial charge in [0.2, 0.25) is 0 Å². The van der Waals surface area contributed by atoms with E-state index in [9.17, 15) is 4.79 Å². The molecule has 0 spiro atoms. The molecule has 3 heterocycles. The van der Waals surface area contributed by atoms with Crippen molar-refractivity contribution >= 4 is 23.2 Å². The third-order valence-electron chi connectivity index (χ3n) is 5.15.